The van der Waals surface area contributed by atoms with Crippen LogP contribution in [0.4, 0.5) is 0 Å². The fraction of sp³-hybridized carbons (Fsp3) is 0.154. The molecule has 1 heterocycles. The predicted octanol–water partition coefficient (Wildman–Crippen LogP) is 4.26. The van der Waals surface area contributed by atoms with Gasteiger partial charge in [0.15, 0.2) is 0 Å². The third kappa shape index (κ3) is 3.11. The van der Waals surface area contributed by atoms with E-state index in [0.29, 0.717) is 0 Å². The Morgan fingerprint density at radius 1 is 0.786 bits per heavy atom. The summed E-state index contributed by atoms with van der Waals surface area (Å²) >= 11 is 0. The fourth-order valence-corrected chi connectivity index (χ4v) is 3.74. The van der Waals surface area contributed by atoms with Crippen LogP contribution in [0.5, 0.6) is 5.75 Å². The Kier molecular flexibility index (Phi) is 4.77. The van der Waals surface area contributed by atoms with Gasteiger partial charge in [0, 0.05) is 16.7 Å². The van der Waals surface area contributed by atoms with Crippen LogP contribution in [0.25, 0.3) is 5.57 Å². The lowest BCUT2D eigenvalue weighted by Gasteiger charge is -2.36. The molecule has 4 rings (SSSR count). The summed E-state index contributed by atoms with van der Waals surface area (Å²) in [5, 5.41) is 2.13. The van der Waals surface area contributed by atoms with Gasteiger partial charge in [-0.1, -0.05) is 59.9 Å². The molecule has 0 aromatic heterocycles. The fourth-order valence-electron chi connectivity index (χ4n) is 3.74. The molecule has 2 heteroatoms. The third-order valence-electron chi connectivity index (χ3n) is 5.35. The van der Waals surface area contributed by atoms with Gasteiger partial charge in [-0.3, -0.25) is 0 Å². The second-order valence-corrected chi connectivity index (χ2v) is 7.10. The van der Waals surface area contributed by atoms with E-state index in [-0.39, 0.29) is 0 Å². The molecule has 0 saturated heterocycles. The minimum absolute atomic E-state index is 0.618. The lowest BCUT2D eigenvalue weighted by Crippen LogP contribution is -2.94. The zero-order valence-electron chi connectivity index (χ0n) is 16.5. The van der Waals surface area contributed by atoms with E-state index in [4.69, 9.17) is 4.74 Å². The van der Waals surface area contributed by atoms with Gasteiger partial charge in [-0.05, 0) is 50.2 Å². The molecule has 0 saturated carbocycles. The number of hydrogen-bond acceptors (Lipinski definition) is 1. The van der Waals surface area contributed by atoms with Crippen LogP contribution in [0.3, 0.4) is 0 Å². The van der Waals surface area contributed by atoms with E-state index >= 15 is 0 Å². The van der Waals surface area contributed by atoms with Crippen molar-refractivity contribution < 1.29 is 10.1 Å². The van der Waals surface area contributed by atoms with E-state index in [2.05, 4.69) is 92.7 Å². The standard InChI is InChI=1S/C26H23NO/c1-19-13-15-21(16-14-19)17-18-23-20(2)26(27-3,22-9-5-4-6-10-22)28-25-12-8-7-11-24(23)25/h4-16,27H,1-3H3/p+1/t26-/m1/s1. The molecule has 0 bridgehead atoms. The number of hydrogen-bond donors (Lipinski definition) is 1. The van der Waals surface area contributed by atoms with Gasteiger partial charge in [0.2, 0.25) is 0 Å². The minimum Gasteiger partial charge on any atom is -0.432 e. The van der Waals surface area contributed by atoms with Crippen molar-refractivity contribution in [1.29, 1.82) is 0 Å². The Morgan fingerprint density at radius 2 is 1.46 bits per heavy atom. The van der Waals surface area contributed by atoms with Crippen LogP contribution >= 0.6 is 0 Å². The van der Waals surface area contributed by atoms with Crippen molar-refractivity contribution in [3.8, 4) is 17.6 Å². The summed E-state index contributed by atoms with van der Waals surface area (Å²) in [7, 11) is 2.05. The third-order valence-corrected chi connectivity index (χ3v) is 5.35. The molecule has 0 radical (unpaired) electrons. The van der Waals surface area contributed by atoms with Crippen molar-refractivity contribution in [2.75, 3.05) is 7.05 Å². The van der Waals surface area contributed by atoms with Gasteiger partial charge in [0.25, 0.3) is 5.72 Å². The van der Waals surface area contributed by atoms with Crippen LogP contribution in [0.15, 0.2) is 84.4 Å². The van der Waals surface area contributed by atoms with E-state index in [1.807, 2.05) is 24.3 Å². The van der Waals surface area contributed by atoms with Gasteiger partial charge in [-0.2, -0.15) is 0 Å². The first-order valence-electron chi connectivity index (χ1n) is 9.58. The van der Waals surface area contributed by atoms with Crippen molar-refractivity contribution in [1.82, 2.24) is 0 Å². The molecule has 2 nitrogen and oxygen atoms in total. The van der Waals surface area contributed by atoms with Gasteiger partial charge in [0.1, 0.15) is 5.75 Å². The molecule has 3 aromatic rings. The monoisotopic (exact) mass is 366 g/mol. The minimum atomic E-state index is -0.618. The van der Waals surface area contributed by atoms with Crippen LogP contribution in [-0.4, -0.2) is 7.05 Å². The maximum Gasteiger partial charge on any atom is 0.290 e. The number of aryl methyl sites for hydroxylation is 1. The molecule has 0 unspecified atom stereocenters. The average molecular weight is 366 g/mol. The first kappa shape index (κ1) is 18.1. The molecule has 1 aliphatic heterocycles. The largest absolute Gasteiger partial charge is 0.432 e. The highest BCUT2D eigenvalue weighted by atomic mass is 16.5. The van der Waals surface area contributed by atoms with Gasteiger partial charge in [-0.15, -0.1) is 0 Å². The highest BCUT2D eigenvalue weighted by Crippen LogP contribution is 2.42. The molecule has 1 atom stereocenters. The van der Waals surface area contributed by atoms with E-state index in [1.165, 1.54) is 5.56 Å². The van der Waals surface area contributed by atoms with Crippen molar-refractivity contribution in [3.05, 3.63) is 107 Å². The second-order valence-electron chi connectivity index (χ2n) is 7.10. The number of nitrogens with two attached hydrogens (primary N) is 1. The Bertz CT molecular complexity index is 1080. The molecule has 1 aliphatic rings. The van der Waals surface area contributed by atoms with E-state index in [1.54, 1.807) is 0 Å². The van der Waals surface area contributed by atoms with Crippen LogP contribution < -0.4 is 10.1 Å². The first-order valence-corrected chi connectivity index (χ1v) is 9.58. The molecule has 28 heavy (non-hydrogen) atoms. The second kappa shape index (κ2) is 7.38. The topological polar surface area (TPSA) is 25.8 Å². The number of rotatable bonds is 2. The maximum absolute atomic E-state index is 6.58. The Balaban J connectivity index is 1.91. The van der Waals surface area contributed by atoms with Crippen molar-refractivity contribution in [2.24, 2.45) is 0 Å². The number of allylic oxidation sites excluding steroid dienone is 1. The van der Waals surface area contributed by atoms with E-state index in [9.17, 15) is 0 Å². The summed E-state index contributed by atoms with van der Waals surface area (Å²) in [5.74, 6) is 7.66. The number of quaternary nitrogens is 1. The molecule has 0 aliphatic carbocycles. The smallest absolute Gasteiger partial charge is 0.290 e. The van der Waals surface area contributed by atoms with Gasteiger partial charge < -0.3 is 10.1 Å². The summed E-state index contributed by atoms with van der Waals surface area (Å²) in [5.41, 5.74) is 5.94. The summed E-state index contributed by atoms with van der Waals surface area (Å²) in [6.45, 7) is 4.21. The lowest BCUT2D eigenvalue weighted by atomic mass is 9.86. The SMILES string of the molecule is C[NH2+][C@@]1(c2ccccc2)Oc2ccccc2C(C#Cc2ccc(C)cc2)=C1C. The predicted molar refractivity (Wildman–Crippen MR) is 114 cm³/mol. The van der Waals surface area contributed by atoms with Gasteiger partial charge >= 0.3 is 0 Å². The highest BCUT2D eigenvalue weighted by molar-refractivity contribution is 5.87. The summed E-state index contributed by atoms with van der Waals surface area (Å²) < 4.78 is 6.58. The van der Waals surface area contributed by atoms with E-state index in [0.717, 1.165) is 33.6 Å². The number of benzene rings is 3. The van der Waals surface area contributed by atoms with Crippen molar-refractivity contribution in [3.63, 3.8) is 0 Å². The highest BCUT2D eigenvalue weighted by Gasteiger charge is 2.44. The van der Waals surface area contributed by atoms with Crippen LogP contribution in [0, 0.1) is 18.8 Å². The average Bonchev–Trinajstić information content (AvgIpc) is 2.74. The molecule has 0 fully saturated rings. The lowest BCUT2D eigenvalue weighted by molar-refractivity contribution is -0.739. The maximum atomic E-state index is 6.58. The number of ether oxygens (including phenoxy) is 1. The normalized spacial score (nSPS) is 18.0. The van der Waals surface area contributed by atoms with E-state index < -0.39 is 5.72 Å². The quantitative estimate of drug-likeness (QED) is 0.674. The number of likely N-dealkylation sites (N-methyl/N-ethyl adjacent to an activating group) is 1. The van der Waals surface area contributed by atoms with Crippen molar-refractivity contribution in [2.45, 2.75) is 19.6 Å². The van der Waals surface area contributed by atoms with Crippen LogP contribution in [0.1, 0.15) is 29.2 Å². The molecule has 2 N–H and O–H groups in total. The zero-order valence-corrected chi connectivity index (χ0v) is 16.5. The molecular formula is C26H24NO+. The number of fused-ring (bicyclic) bond motifs is 1. The molecule has 138 valence electrons. The molecular weight excluding hydrogens is 342 g/mol. The van der Waals surface area contributed by atoms with Gasteiger partial charge in [0.05, 0.1) is 18.2 Å². The van der Waals surface area contributed by atoms with Gasteiger partial charge in [-0.25, -0.2) is 0 Å². The first-order chi connectivity index (χ1) is 13.6. The van der Waals surface area contributed by atoms with Crippen molar-refractivity contribution >= 4 is 5.57 Å². The Morgan fingerprint density at radius 3 is 2.18 bits per heavy atom. The summed E-state index contributed by atoms with van der Waals surface area (Å²) in [6, 6.07) is 26.8. The molecule has 3 aromatic carbocycles. The van der Waals surface area contributed by atoms with Crippen LogP contribution in [0.2, 0.25) is 0 Å². The van der Waals surface area contributed by atoms with Crippen LogP contribution in [-0.2, 0) is 5.72 Å². The summed E-state index contributed by atoms with van der Waals surface area (Å²) in [4.78, 5) is 0. The Labute approximate surface area is 166 Å². The molecule has 0 amide bonds. The number of para-hydroxylation sites is 1. The summed E-state index contributed by atoms with van der Waals surface area (Å²) in [6.07, 6.45) is 0. The zero-order chi connectivity index (χ0) is 19.6. The Hall–Kier alpha value is -3.28. The molecule has 0 spiro atoms.